The van der Waals surface area contributed by atoms with E-state index in [1.807, 2.05) is 12.1 Å². The molecule has 0 spiro atoms. The summed E-state index contributed by atoms with van der Waals surface area (Å²) in [6.45, 7) is 14.1. The highest BCUT2D eigenvalue weighted by atomic mass is 28.3. The van der Waals surface area contributed by atoms with E-state index in [-0.39, 0.29) is 0 Å². The second-order valence-corrected chi connectivity index (χ2v) is 13.5. The zero-order valence-electron chi connectivity index (χ0n) is 16.9. The van der Waals surface area contributed by atoms with E-state index in [0.29, 0.717) is 16.6 Å². The van der Waals surface area contributed by atoms with Gasteiger partial charge in [0.25, 0.3) is 0 Å². The number of benzene rings is 2. The Labute approximate surface area is 161 Å². The Hall–Kier alpha value is -2.22. The maximum Gasteiger partial charge on any atom is 0.146 e. The average molecular weight is 359 g/mol. The third kappa shape index (κ3) is 4.12. The molecule has 0 heterocycles. The number of rotatable bonds is 4. The molecule has 0 N–H and O–H groups in total. The van der Waals surface area contributed by atoms with Gasteiger partial charge >= 0.3 is 0 Å². The lowest BCUT2D eigenvalue weighted by molar-refractivity contribution is 0.838. The molecule has 0 nitrogen and oxygen atoms in total. The Morgan fingerprint density at radius 2 is 1.04 bits per heavy atom. The van der Waals surface area contributed by atoms with Gasteiger partial charge in [-0.15, -0.1) is 12.0 Å². The lowest BCUT2D eigenvalue weighted by atomic mass is 10.0. The van der Waals surface area contributed by atoms with Gasteiger partial charge < -0.3 is 0 Å². The minimum atomic E-state index is -1.68. The van der Waals surface area contributed by atoms with Gasteiger partial charge in [0.2, 0.25) is 0 Å². The molecular weight excluding hydrogens is 328 g/mol. The van der Waals surface area contributed by atoms with Crippen LogP contribution in [0.1, 0.15) is 52.7 Å². The second kappa shape index (κ2) is 8.44. The third-order valence-electron chi connectivity index (χ3n) is 5.56. The van der Waals surface area contributed by atoms with Gasteiger partial charge in [-0.3, -0.25) is 0 Å². The van der Waals surface area contributed by atoms with E-state index >= 15 is 0 Å². The van der Waals surface area contributed by atoms with E-state index in [0.717, 1.165) is 11.1 Å². The van der Waals surface area contributed by atoms with E-state index in [9.17, 15) is 0 Å². The van der Waals surface area contributed by atoms with Crippen LogP contribution in [0.3, 0.4) is 0 Å². The predicted octanol–water partition coefficient (Wildman–Crippen LogP) is 6.90. The van der Waals surface area contributed by atoms with E-state index in [1.54, 1.807) is 0 Å². The molecule has 0 aliphatic rings. The summed E-state index contributed by atoms with van der Waals surface area (Å²) in [4.78, 5) is 0. The lowest BCUT2D eigenvalue weighted by Gasteiger charge is -2.38. The van der Waals surface area contributed by atoms with Crippen LogP contribution in [-0.2, 0) is 0 Å². The average Bonchev–Trinajstić information content (AvgIpc) is 2.62. The molecule has 0 amide bonds. The third-order valence-corrected chi connectivity index (χ3v) is 11.8. The summed E-state index contributed by atoms with van der Waals surface area (Å²) in [5.41, 5.74) is 10.1. The molecule has 0 saturated heterocycles. The molecule has 2 rings (SSSR count). The van der Waals surface area contributed by atoms with Crippen LogP contribution in [0.2, 0.25) is 16.6 Å². The van der Waals surface area contributed by atoms with Gasteiger partial charge in [0.1, 0.15) is 8.07 Å². The van der Waals surface area contributed by atoms with Crippen molar-refractivity contribution in [2.24, 2.45) is 0 Å². The fourth-order valence-corrected chi connectivity index (χ4v) is 9.35. The normalized spacial score (nSPS) is 11.4. The van der Waals surface area contributed by atoms with Crippen LogP contribution >= 0.6 is 0 Å². The molecule has 0 saturated carbocycles. The number of terminal acetylenes is 1. The molecule has 0 atom stereocenters. The Bertz CT molecular complexity index is 797. The Morgan fingerprint density at radius 3 is 1.38 bits per heavy atom. The topological polar surface area (TPSA) is 0 Å². The van der Waals surface area contributed by atoms with Crippen LogP contribution in [0.15, 0.2) is 48.5 Å². The largest absolute Gasteiger partial charge is 0.146 e. The molecule has 0 unspecified atom stereocenters. The maximum atomic E-state index is 5.43. The molecule has 0 aromatic heterocycles. The summed E-state index contributed by atoms with van der Waals surface area (Å²) in [5, 5.41) is 0. The van der Waals surface area contributed by atoms with Crippen LogP contribution in [0.4, 0.5) is 0 Å². The van der Waals surface area contributed by atoms with E-state index in [1.165, 1.54) is 11.1 Å². The number of hydrogen-bond donors (Lipinski definition) is 0. The molecule has 134 valence electrons. The Kier molecular flexibility index (Phi) is 6.52. The first-order chi connectivity index (χ1) is 12.3. The second-order valence-electron chi connectivity index (χ2n) is 7.95. The summed E-state index contributed by atoms with van der Waals surface area (Å²) in [7, 11) is -1.68. The monoisotopic (exact) mass is 358 g/mol. The van der Waals surface area contributed by atoms with Gasteiger partial charge in [-0.25, -0.2) is 0 Å². The summed E-state index contributed by atoms with van der Waals surface area (Å²) < 4.78 is 0. The van der Waals surface area contributed by atoms with Crippen molar-refractivity contribution in [2.75, 3.05) is 0 Å². The smallest absolute Gasteiger partial charge is 0.125 e. The SMILES string of the molecule is C#Cc1ccc(-c2ccc(C#C[Si](C(C)C)(C(C)C)C(C)C)cc2)cc1. The quantitative estimate of drug-likeness (QED) is 0.412. The van der Waals surface area contributed by atoms with Gasteiger partial charge in [-0.2, -0.15) is 0 Å². The predicted molar refractivity (Wildman–Crippen MR) is 118 cm³/mol. The van der Waals surface area contributed by atoms with Crippen LogP contribution in [0.25, 0.3) is 11.1 Å². The summed E-state index contributed by atoms with van der Waals surface area (Å²) in [6, 6.07) is 16.7. The van der Waals surface area contributed by atoms with Gasteiger partial charge in [-0.1, -0.05) is 77.6 Å². The maximum absolute atomic E-state index is 5.43. The van der Waals surface area contributed by atoms with Gasteiger partial charge in [0.15, 0.2) is 0 Å². The lowest BCUT2D eigenvalue weighted by Crippen LogP contribution is -2.43. The zero-order chi connectivity index (χ0) is 19.3. The standard InChI is InChI=1S/C25H30Si/c1-8-22-9-13-24(14-10-22)25-15-11-23(12-16-25)17-18-26(19(2)3,20(4)5)21(6)7/h1,9-16,19-21H,2-7H3. The van der Waals surface area contributed by atoms with Gasteiger partial charge in [-0.05, 0) is 52.0 Å². The first-order valence-corrected chi connectivity index (χ1v) is 11.7. The molecule has 0 bridgehead atoms. The fourth-order valence-electron chi connectivity index (χ4n) is 4.12. The fraction of sp³-hybridized carbons (Fsp3) is 0.360. The van der Waals surface area contributed by atoms with Crippen molar-refractivity contribution >= 4 is 8.07 Å². The van der Waals surface area contributed by atoms with Crippen molar-refractivity contribution in [3.05, 3.63) is 59.7 Å². The summed E-state index contributed by atoms with van der Waals surface area (Å²) >= 11 is 0. The minimum Gasteiger partial charge on any atom is -0.125 e. The highest BCUT2D eigenvalue weighted by Gasteiger charge is 2.41. The summed E-state index contributed by atoms with van der Waals surface area (Å²) in [6.07, 6.45) is 5.43. The minimum absolute atomic E-state index is 0.656. The van der Waals surface area contributed by atoms with Gasteiger partial charge in [0.05, 0.1) is 0 Å². The van der Waals surface area contributed by atoms with Crippen molar-refractivity contribution in [3.63, 3.8) is 0 Å². The van der Waals surface area contributed by atoms with Crippen molar-refractivity contribution in [3.8, 4) is 34.9 Å². The van der Waals surface area contributed by atoms with E-state index in [2.05, 4.69) is 95.3 Å². The van der Waals surface area contributed by atoms with Crippen molar-refractivity contribution in [2.45, 2.75) is 58.2 Å². The van der Waals surface area contributed by atoms with Gasteiger partial charge in [0, 0.05) is 11.1 Å². The van der Waals surface area contributed by atoms with Crippen LogP contribution < -0.4 is 0 Å². The van der Waals surface area contributed by atoms with Crippen molar-refractivity contribution in [1.82, 2.24) is 0 Å². The molecule has 0 aliphatic heterocycles. The molecule has 0 fully saturated rings. The molecule has 2 aromatic rings. The van der Waals surface area contributed by atoms with Crippen molar-refractivity contribution < 1.29 is 0 Å². The molecule has 1 heteroatoms. The molecule has 26 heavy (non-hydrogen) atoms. The Morgan fingerprint density at radius 1 is 0.654 bits per heavy atom. The van der Waals surface area contributed by atoms with Crippen LogP contribution in [-0.4, -0.2) is 8.07 Å². The first kappa shape index (κ1) is 20.1. The van der Waals surface area contributed by atoms with Crippen molar-refractivity contribution in [1.29, 1.82) is 0 Å². The molecular formula is C25H30Si. The molecule has 0 aliphatic carbocycles. The molecule has 2 aromatic carbocycles. The number of hydrogen-bond acceptors (Lipinski definition) is 0. The van der Waals surface area contributed by atoms with E-state index < -0.39 is 8.07 Å². The zero-order valence-corrected chi connectivity index (χ0v) is 17.9. The highest BCUT2D eigenvalue weighted by Crippen LogP contribution is 2.40. The summed E-state index contributed by atoms with van der Waals surface area (Å²) in [5.74, 6) is 6.17. The van der Waals surface area contributed by atoms with E-state index in [4.69, 9.17) is 6.42 Å². The van der Waals surface area contributed by atoms with Crippen LogP contribution in [0, 0.1) is 23.8 Å². The first-order valence-electron chi connectivity index (χ1n) is 9.51. The molecule has 0 radical (unpaired) electrons. The Balaban J connectivity index is 2.31. The highest BCUT2D eigenvalue weighted by molar-refractivity contribution is 6.90. The van der Waals surface area contributed by atoms with Crippen LogP contribution in [0.5, 0.6) is 0 Å².